The van der Waals surface area contributed by atoms with E-state index in [0.717, 1.165) is 21.0 Å². The monoisotopic (exact) mass is 496 g/mol. The average molecular weight is 497 g/mol. The maximum Gasteiger partial charge on any atom is 0.349 e. The van der Waals surface area contributed by atoms with Crippen LogP contribution in [0.2, 0.25) is 5.02 Å². The highest BCUT2D eigenvalue weighted by molar-refractivity contribution is 7.22. The summed E-state index contributed by atoms with van der Waals surface area (Å²) >= 11 is 7.70. The van der Waals surface area contributed by atoms with Crippen molar-refractivity contribution in [1.82, 2.24) is 4.98 Å². The van der Waals surface area contributed by atoms with Gasteiger partial charge in [0.2, 0.25) is 0 Å². The molecule has 6 rings (SSSR count). The van der Waals surface area contributed by atoms with Gasteiger partial charge in [0.15, 0.2) is 5.13 Å². The largest absolute Gasteiger partial charge is 0.422 e. The molecule has 0 N–H and O–H groups in total. The van der Waals surface area contributed by atoms with E-state index in [9.17, 15) is 9.59 Å². The molecule has 0 atom stereocenters. The first-order chi connectivity index (χ1) is 17.1. The van der Waals surface area contributed by atoms with Crippen LogP contribution in [-0.2, 0) is 6.54 Å². The van der Waals surface area contributed by atoms with Gasteiger partial charge in [-0.05, 0) is 40.6 Å². The topological polar surface area (TPSA) is 63.4 Å². The number of halogens is 1. The number of anilines is 1. The van der Waals surface area contributed by atoms with Gasteiger partial charge in [-0.2, -0.15) is 0 Å². The minimum atomic E-state index is -0.685. The molecule has 0 aliphatic heterocycles. The summed E-state index contributed by atoms with van der Waals surface area (Å²) in [7, 11) is 0. The molecule has 0 saturated carbocycles. The molecule has 0 spiro atoms. The molecule has 170 valence electrons. The van der Waals surface area contributed by atoms with Crippen molar-refractivity contribution in [3.8, 4) is 0 Å². The molecule has 0 aliphatic rings. The van der Waals surface area contributed by atoms with Gasteiger partial charge < -0.3 is 4.42 Å². The lowest BCUT2D eigenvalue weighted by molar-refractivity contribution is 0.0981. The molecule has 2 aromatic heterocycles. The number of thiazole rings is 1. The maximum atomic E-state index is 13.9. The first kappa shape index (κ1) is 21.5. The number of nitrogens with zero attached hydrogens (tertiary/aromatic N) is 2. The molecule has 0 aliphatic carbocycles. The summed E-state index contributed by atoms with van der Waals surface area (Å²) in [6.45, 7) is 0.240. The summed E-state index contributed by atoms with van der Waals surface area (Å²) < 4.78 is 6.45. The second kappa shape index (κ2) is 8.65. The normalized spacial score (nSPS) is 11.3. The number of rotatable bonds is 4. The Hall–Kier alpha value is -4.00. The molecule has 2 heterocycles. The molecule has 1 amide bonds. The van der Waals surface area contributed by atoms with Crippen molar-refractivity contribution in [2.24, 2.45) is 0 Å². The van der Waals surface area contributed by atoms with Gasteiger partial charge in [-0.3, -0.25) is 9.69 Å². The highest BCUT2D eigenvalue weighted by atomic mass is 35.5. The molecule has 0 fully saturated rings. The van der Waals surface area contributed by atoms with Gasteiger partial charge in [-0.25, -0.2) is 9.78 Å². The predicted molar refractivity (Wildman–Crippen MR) is 142 cm³/mol. The lowest BCUT2D eigenvalue weighted by Gasteiger charge is -2.20. The van der Waals surface area contributed by atoms with E-state index in [1.165, 1.54) is 16.2 Å². The predicted octanol–water partition coefficient (Wildman–Crippen LogP) is 7.06. The van der Waals surface area contributed by atoms with Crippen LogP contribution in [0, 0.1) is 0 Å². The average Bonchev–Trinajstić information content (AvgIpc) is 3.32. The number of amides is 1. The van der Waals surface area contributed by atoms with E-state index in [4.69, 9.17) is 16.0 Å². The summed E-state index contributed by atoms with van der Waals surface area (Å²) in [6, 6.07) is 28.2. The Labute approximate surface area is 208 Å². The number of hydrogen-bond acceptors (Lipinski definition) is 5. The summed E-state index contributed by atoms with van der Waals surface area (Å²) in [5.41, 5.74) is 1.23. The highest BCUT2D eigenvalue weighted by Gasteiger charge is 2.26. The maximum absolute atomic E-state index is 13.9. The summed E-state index contributed by atoms with van der Waals surface area (Å²) in [4.78, 5) is 33.1. The second-order valence-electron chi connectivity index (χ2n) is 8.11. The third kappa shape index (κ3) is 3.87. The fourth-order valence-corrected chi connectivity index (χ4v) is 5.44. The van der Waals surface area contributed by atoms with E-state index in [1.807, 2.05) is 72.8 Å². The summed E-state index contributed by atoms with van der Waals surface area (Å²) in [5.74, 6) is -0.479. The number of hydrogen-bond donors (Lipinski definition) is 0. The molecule has 0 bridgehead atoms. The number of carbonyl (C=O) groups is 1. The fraction of sp³-hybridized carbons (Fsp3) is 0.0357. The van der Waals surface area contributed by atoms with Crippen LogP contribution in [0.1, 0.15) is 15.9 Å². The van der Waals surface area contributed by atoms with Crippen molar-refractivity contribution in [3.05, 3.63) is 118 Å². The standard InChI is InChI=1S/C28H17ClN2O3S/c29-22-11-6-12-24-25(22)30-28(35-24)31(16-17-7-2-1-3-8-17)26(32)21-15-20-19-10-5-4-9-18(19)13-14-23(20)34-27(21)33/h1-15H,16H2. The van der Waals surface area contributed by atoms with Crippen molar-refractivity contribution in [2.75, 3.05) is 4.90 Å². The first-order valence-electron chi connectivity index (χ1n) is 10.9. The van der Waals surface area contributed by atoms with Crippen LogP contribution in [0.5, 0.6) is 0 Å². The van der Waals surface area contributed by atoms with E-state index in [-0.39, 0.29) is 12.1 Å². The molecular formula is C28H17ClN2O3S. The highest BCUT2D eigenvalue weighted by Crippen LogP contribution is 2.34. The van der Waals surface area contributed by atoms with Crippen LogP contribution >= 0.6 is 22.9 Å². The molecule has 0 saturated heterocycles. The van der Waals surface area contributed by atoms with Gasteiger partial charge in [0.25, 0.3) is 5.91 Å². The third-order valence-corrected chi connectivity index (χ3v) is 7.24. The van der Waals surface area contributed by atoms with Gasteiger partial charge in [0, 0.05) is 5.39 Å². The Morgan fingerprint density at radius 2 is 1.71 bits per heavy atom. The Bertz CT molecular complexity index is 1790. The smallest absolute Gasteiger partial charge is 0.349 e. The lowest BCUT2D eigenvalue weighted by Crippen LogP contribution is -2.33. The molecule has 4 aromatic carbocycles. The Balaban J connectivity index is 1.52. The number of aromatic nitrogens is 1. The zero-order valence-electron chi connectivity index (χ0n) is 18.3. The molecular weight excluding hydrogens is 480 g/mol. The van der Waals surface area contributed by atoms with E-state index in [0.29, 0.717) is 26.6 Å². The van der Waals surface area contributed by atoms with Crippen LogP contribution in [0.3, 0.4) is 0 Å². The quantitative estimate of drug-likeness (QED) is 0.194. The molecule has 35 heavy (non-hydrogen) atoms. The molecule has 0 unspecified atom stereocenters. The minimum Gasteiger partial charge on any atom is -0.422 e. The SMILES string of the molecule is O=C(c1cc2c(ccc3ccccc32)oc1=O)N(Cc1ccccc1)c1nc2c(Cl)cccc2s1. The second-order valence-corrected chi connectivity index (χ2v) is 9.52. The number of benzene rings is 4. The van der Waals surface area contributed by atoms with Gasteiger partial charge in [-0.15, -0.1) is 0 Å². The third-order valence-electron chi connectivity index (χ3n) is 5.89. The van der Waals surface area contributed by atoms with Crippen LogP contribution in [0.4, 0.5) is 5.13 Å². The molecule has 6 aromatic rings. The van der Waals surface area contributed by atoms with Crippen molar-refractivity contribution in [3.63, 3.8) is 0 Å². The number of fused-ring (bicyclic) bond motifs is 4. The van der Waals surface area contributed by atoms with E-state index in [1.54, 1.807) is 18.2 Å². The van der Waals surface area contributed by atoms with Crippen LogP contribution in [0.25, 0.3) is 32.0 Å². The first-order valence-corrected chi connectivity index (χ1v) is 12.1. The van der Waals surface area contributed by atoms with Crippen LogP contribution in [0.15, 0.2) is 100 Å². The van der Waals surface area contributed by atoms with E-state index in [2.05, 4.69) is 4.98 Å². The molecule has 5 nitrogen and oxygen atoms in total. The molecule has 0 radical (unpaired) electrons. The van der Waals surface area contributed by atoms with Crippen LogP contribution in [-0.4, -0.2) is 10.9 Å². The van der Waals surface area contributed by atoms with Gasteiger partial charge in [0.05, 0.1) is 16.3 Å². The van der Waals surface area contributed by atoms with E-state index < -0.39 is 11.5 Å². The van der Waals surface area contributed by atoms with Gasteiger partial charge in [0.1, 0.15) is 16.7 Å². The number of carbonyl (C=O) groups excluding carboxylic acids is 1. The minimum absolute atomic E-state index is 0.0462. The van der Waals surface area contributed by atoms with Crippen molar-refractivity contribution >= 4 is 65.9 Å². The Morgan fingerprint density at radius 1 is 0.914 bits per heavy atom. The van der Waals surface area contributed by atoms with Crippen molar-refractivity contribution < 1.29 is 9.21 Å². The Morgan fingerprint density at radius 3 is 2.54 bits per heavy atom. The zero-order valence-corrected chi connectivity index (χ0v) is 19.8. The lowest BCUT2D eigenvalue weighted by atomic mass is 10.0. The van der Waals surface area contributed by atoms with E-state index >= 15 is 0 Å². The van der Waals surface area contributed by atoms with Crippen molar-refractivity contribution in [1.29, 1.82) is 0 Å². The number of para-hydroxylation sites is 1. The fourth-order valence-electron chi connectivity index (χ4n) is 4.18. The summed E-state index contributed by atoms with van der Waals surface area (Å²) in [6.07, 6.45) is 0. The van der Waals surface area contributed by atoms with Crippen molar-refractivity contribution in [2.45, 2.75) is 6.54 Å². The summed E-state index contributed by atoms with van der Waals surface area (Å²) in [5, 5.41) is 3.57. The van der Waals surface area contributed by atoms with Gasteiger partial charge in [-0.1, -0.05) is 89.7 Å². The molecule has 7 heteroatoms. The van der Waals surface area contributed by atoms with Gasteiger partial charge >= 0.3 is 5.63 Å². The zero-order chi connectivity index (χ0) is 23.9. The van der Waals surface area contributed by atoms with Crippen LogP contribution < -0.4 is 10.5 Å². The Kier molecular flexibility index (Phi) is 5.32.